The number of carbonyl (C=O) groups is 2. The van der Waals surface area contributed by atoms with Gasteiger partial charge in [-0.2, -0.15) is 5.10 Å². The van der Waals surface area contributed by atoms with E-state index in [9.17, 15) is 9.59 Å². The molecule has 0 radical (unpaired) electrons. The van der Waals surface area contributed by atoms with Crippen molar-refractivity contribution in [3.05, 3.63) is 47.3 Å². The first-order valence-electron chi connectivity index (χ1n) is 10.1. The van der Waals surface area contributed by atoms with Crippen molar-refractivity contribution in [2.24, 2.45) is 11.8 Å². The molecule has 2 fully saturated rings. The molecule has 0 unspecified atom stereocenters. The number of nitrogens with one attached hydrogen (secondary N) is 1. The Morgan fingerprint density at radius 1 is 1.21 bits per heavy atom. The molecule has 152 valence electrons. The average Bonchev–Trinajstić information content (AvgIpc) is 3.44. The minimum absolute atomic E-state index is 0.00879. The summed E-state index contributed by atoms with van der Waals surface area (Å²) in [5, 5.41) is 7.94. The average molecular weight is 395 g/mol. The highest BCUT2D eigenvalue weighted by molar-refractivity contribution is 5.98. The van der Waals surface area contributed by atoms with Crippen molar-refractivity contribution < 1.29 is 14.3 Å². The first-order chi connectivity index (χ1) is 14.1. The van der Waals surface area contributed by atoms with Crippen molar-refractivity contribution in [1.82, 2.24) is 24.9 Å². The Hall–Kier alpha value is -2.87. The van der Waals surface area contributed by atoms with E-state index in [1.165, 1.54) is 0 Å². The number of fused-ring (bicyclic) bond motifs is 2. The van der Waals surface area contributed by atoms with Gasteiger partial charge in [0, 0.05) is 45.2 Å². The van der Waals surface area contributed by atoms with Crippen LogP contribution in [0.3, 0.4) is 0 Å². The van der Waals surface area contributed by atoms with E-state index in [1.54, 1.807) is 29.8 Å². The van der Waals surface area contributed by atoms with Crippen molar-refractivity contribution in [2.75, 3.05) is 40.3 Å². The molecule has 0 spiro atoms. The highest BCUT2D eigenvalue weighted by atomic mass is 16.5. The molecule has 4 heterocycles. The maximum atomic E-state index is 13.5. The van der Waals surface area contributed by atoms with Crippen molar-refractivity contribution in [1.29, 1.82) is 0 Å². The van der Waals surface area contributed by atoms with Gasteiger partial charge in [-0.3, -0.25) is 14.3 Å². The lowest BCUT2D eigenvalue weighted by Crippen LogP contribution is -2.37. The fourth-order valence-electron chi connectivity index (χ4n) is 4.91. The summed E-state index contributed by atoms with van der Waals surface area (Å²) in [6.45, 7) is 3.73. The van der Waals surface area contributed by atoms with Crippen LogP contribution in [0.1, 0.15) is 32.6 Å². The molecule has 0 bridgehead atoms. The molecule has 8 heteroatoms. The molecule has 3 atom stereocenters. The van der Waals surface area contributed by atoms with Crippen LogP contribution < -0.4 is 10.1 Å². The van der Waals surface area contributed by atoms with Crippen LogP contribution in [0.25, 0.3) is 0 Å². The number of rotatable bonds is 3. The zero-order chi connectivity index (χ0) is 20.1. The van der Waals surface area contributed by atoms with E-state index in [4.69, 9.17) is 4.74 Å². The second-order valence-electron chi connectivity index (χ2n) is 8.12. The smallest absolute Gasteiger partial charge is 0.274 e. The summed E-state index contributed by atoms with van der Waals surface area (Å²) in [6.07, 6.45) is 0. The van der Waals surface area contributed by atoms with E-state index in [0.29, 0.717) is 42.9 Å². The highest BCUT2D eigenvalue weighted by Gasteiger charge is 2.47. The number of methoxy groups -OCH3 is 1. The number of ether oxygens (including phenoxy) is 1. The van der Waals surface area contributed by atoms with E-state index < -0.39 is 0 Å². The molecule has 3 aliphatic heterocycles. The first kappa shape index (κ1) is 18.2. The van der Waals surface area contributed by atoms with Crippen molar-refractivity contribution >= 4 is 11.8 Å². The lowest BCUT2D eigenvalue weighted by Gasteiger charge is -2.28. The van der Waals surface area contributed by atoms with E-state index in [-0.39, 0.29) is 17.9 Å². The van der Waals surface area contributed by atoms with Crippen LogP contribution in [0.2, 0.25) is 0 Å². The van der Waals surface area contributed by atoms with Crippen LogP contribution >= 0.6 is 0 Å². The quantitative estimate of drug-likeness (QED) is 0.839. The Bertz CT molecular complexity index is 954. The van der Waals surface area contributed by atoms with Gasteiger partial charge in [0.1, 0.15) is 11.4 Å². The Labute approximate surface area is 169 Å². The molecule has 0 aliphatic carbocycles. The molecule has 3 aliphatic rings. The summed E-state index contributed by atoms with van der Waals surface area (Å²) in [7, 11) is 3.42. The minimum atomic E-state index is -0.0995. The van der Waals surface area contributed by atoms with Gasteiger partial charge in [-0.05, 0) is 23.6 Å². The largest absolute Gasteiger partial charge is 0.497 e. The van der Waals surface area contributed by atoms with Gasteiger partial charge in [0.15, 0.2) is 5.69 Å². The molecule has 0 saturated carbocycles. The number of likely N-dealkylation sites (tertiary alicyclic amines) is 1. The highest BCUT2D eigenvalue weighted by Crippen LogP contribution is 2.43. The SMILES string of the molecule is COc1ccc([C@H]2[C@H]3CNC[C@H]3CN2C(=O)c2cc3n(n2)CCN(C)C3=O)cc1. The summed E-state index contributed by atoms with van der Waals surface area (Å²) in [4.78, 5) is 29.5. The molecule has 1 aromatic carbocycles. The molecule has 1 N–H and O–H groups in total. The van der Waals surface area contributed by atoms with E-state index >= 15 is 0 Å². The summed E-state index contributed by atoms with van der Waals surface area (Å²) >= 11 is 0. The molecule has 2 aromatic rings. The van der Waals surface area contributed by atoms with Crippen LogP contribution in [0, 0.1) is 11.8 Å². The molecule has 2 saturated heterocycles. The number of hydrogen-bond donors (Lipinski definition) is 1. The van der Waals surface area contributed by atoms with Crippen LogP contribution in [0.5, 0.6) is 5.75 Å². The van der Waals surface area contributed by atoms with Crippen LogP contribution in [0.4, 0.5) is 0 Å². The lowest BCUT2D eigenvalue weighted by atomic mass is 9.89. The second-order valence-corrected chi connectivity index (χ2v) is 8.12. The van der Waals surface area contributed by atoms with Crippen molar-refractivity contribution in [3.8, 4) is 5.75 Å². The lowest BCUT2D eigenvalue weighted by molar-refractivity contribution is 0.0702. The second kappa shape index (κ2) is 6.88. The predicted molar refractivity (Wildman–Crippen MR) is 106 cm³/mol. The zero-order valence-corrected chi connectivity index (χ0v) is 16.7. The fourth-order valence-corrected chi connectivity index (χ4v) is 4.91. The van der Waals surface area contributed by atoms with Gasteiger partial charge >= 0.3 is 0 Å². The third kappa shape index (κ3) is 2.90. The number of carbonyl (C=O) groups excluding carboxylic acids is 2. The number of amides is 2. The Morgan fingerprint density at radius 3 is 2.76 bits per heavy atom. The molecule has 8 nitrogen and oxygen atoms in total. The predicted octanol–water partition coefficient (Wildman–Crippen LogP) is 1.01. The molecule has 1 aromatic heterocycles. The number of hydrogen-bond acceptors (Lipinski definition) is 5. The maximum absolute atomic E-state index is 13.5. The number of likely N-dealkylation sites (N-methyl/N-ethyl adjacent to an activating group) is 1. The van der Waals surface area contributed by atoms with Crippen LogP contribution in [0.15, 0.2) is 30.3 Å². The number of benzene rings is 1. The number of aromatic nitrogens is 2. The van der Waals surface area contributed by atoms with Gasteiger partial charge in [0.25, 0.3) is 11.8 Å². The van der Waals surface area contributed by atoms with Gasteiger partial charge in [-0.1, -0.05) is 12.1 Å². The number of nitrogens with zero attached hydrogens (tertiary/aromatic N) is 4. The zero-order valence-electron chi connectivity index (χ0n) is 16.7. The fraction of sp³-hybridized carbons (Fsp3) is 0.476. The summed E-state index contributed by atoms with van der Waals surface area (Å²) in [6, 6.07) is 9.61. The molecule has 2 amide bonds. The molecule has 5 rings (SSSR count). The van der Waals surface area contributed by atoms with Gasteiger partial charge in [0.05, 0.1) is 19.7 Å². The summed E-state index contributed by atoms with van der Waals surface area (Å²) < 4.78 is 6.95. The Morgan fingerprint density at radius 2 is 2.00 bits per heavy atom. The summed E-state index contributed by atoms with van der Waals surface area (Å²) in [5.41, 5.74) is 1.95. The molecule has 29 heavy (non-hydrogen) atoms. The van der Waals surface area contributed by atoms with Gasteiger partial charge < -0.3 is 19.9 Å². The first-order valence-corrected chi connectivity index (χ1v) is 10.1. The van der Waals surface area contributed by atoms with Crippen LogP contribution in [-0.2, 0) is 6.54 Å². The van der Waals surface area contributed by atoms with Crippen molar-refractivity contribution in [3.63, 3.8) is 0 Å². The summed E-state index contributed by atoms with van der Waals surface area (Å²) in [5.74, 6) is 1.41. The topological polar surface area (TPSA) is 79.7 Å². The van der Waals surface area contributed by atoms with Gasteiger partial charge in [-0.15, -0.1) is 0 Å². The van der Waals surface area contributed by atoms with E-state index in [1.807, 2.05) is 29.2 Å². The van der Waals surface area contributed by atoms with Gasteiger partial charge in [0.2, 0.25) is 0 Å². The third-order valence-electron chi connectivity index (χ3n) is 6.49. The molecular weight excluding hydrogens is 370 g/mol. The monoisotopic (exact) mass is 395 g/mol. The Balaban J connectivity index is 1.47. The Kier molecular flexibility index (Phi) is 4.31. The van der Waals surface area contributed by atoms with E-state index in [0.717, 1.165) is 24.4 Å². The standard InChI is InChI=1S/C21H25N5O3/c1-24-7-8-26-18(21(24)28)9-17(23-26)20(27)25-12-14-10-22-11-16(14)19(25)13-3-5-15(29-2)6-4-13/h3-6,9,14,16,19,22H,7-8,10-12H2,1-2H3/t14-,16-,19-/m0/s1. The maximum Gasteiger partial charge on any atom is 0.274 e. The third-order valence-corrected chi connectivity index (χ3v) is 6.49. The molecular formula is C21H25N5O3. The van der Waals surface area contributed by atoms with Crippen molar-refractivity contribution in [2.45, 2.75) is 12.6 Å². The van der Waals surface area contributed by atoms with Crippen LogP contribution in [-0.4, -0.2) is 71.7 Å². The minimum Gasteiger partial charge on any atom is -0.497 e. The van der Waals surface area contributed by atoms with E-state index in [2.05, 4.69) is 10.4 Å². The van der Waals surface area contributed by atoms with Gasteiger partial charge in [-0.25, -0.2) is 0 Å². The normalized spacial score (nSPS) is 25.9.